The molecule has 0 saturated heterocycles. The van der Waals surface area contributed by atoms with Gasteiger partial charge in [0.05, 0.1) is 25.2 Å². The highest BCUT2D eigenvalue weighted by Crippen LogP contribution is 2.16. The summed E-state index contributed by atoms with van der Waals surface area (Å²) in [6.45, 7) is 6.43. The van der Waals surface area contributed by atoms with E-state index >= 15 is 0 Å². The molecule has 3 atom stereocenters. The zero-order valence-corrected chi connectivity index (χ0v) is 39.1. The Morgan fingerprint density at radius 3 is 1.36 bits per heavy atom. The van der Waals surface area contributed by atoms with Crippen molar-refractivity contribution in [2.75, 3.05) is 6.61 Å². The van der Waals surface area contributed by atoms with Gasteiger partial charge in [-0.3, -0.25) is 9.59 Å². The molecule has 0 aromatic rings. The third kappa shape index (κ3) is 42.3. The molecule has 0 aromatic carbocycles. The first-order valence-electron chi connectivity index (χ1n) is 25.4. The minimum absolute atomic E-state index is 0.00416. The third-order valence-electron chi connectivity index (χ3n) is 11.4. The number of ether oxygens (including phenoxy) is 1. The molecule has 3 N–H and O–H groups in total. The van der Waals surface area contributed by atoms with Gasteiger partial charge in [0.1, 0.15) is 6.10 Å². The lowest BCUT2D eigenvalue weighted by molar-refractivity contribution is -0.150. The maximum Gasteiger partial charge on any atom is 0.306 e. The SMILES string of the molecule is CCCCC/C=C\C/C=C\C/C=C\C/C=C\CC(CC(=O)NC(CO)C(O)CCCCCCCCCCCCCC)OC(=O)CCCCCCCCCCCCCCC. The second-order valence-corrected chi connectivity index (χ2v) is 17.2. The van der Waals surface area contributed by atoms with E-state index in [1.54, 1.807) is 0 Å². The molecule has 0 aliphatic rings. The van der Waals surface area contributed by atoms with E-state index in [9.17, 15) is 19.8 Å². The van der Waals surface area contributed by atoms with Gasteiger partial charge < -0.3 is 20.3 Å². The van der Waals surface area contributed by atoms with Crippen molar-refractivity contribution in [2.45, 2.75) is 270 Å². The summed E-state index contributed by atoms with van der Waals surface area (Å²) in [5.41, 5.74) is 0. The molecule has 59 heavy (non-hydrogen) atoms. The van der Waals surface area contributed by atoms with E-state index in [4.69, 9.17) is 4.74 Å². The van der Waals surface area contributed by atoms with Crippen LogP contribution in [-0.4, -0.2) is 46.9 Å². The lowest BCUT2D eigenvalue weighted by Gasteiger charge is -2.24. The molecule has 6 heteroatoms. The number of hydrogen-bond donors (Lipinski definition) is 3. The van der Waals surface area contributed by atoms with Crippen LogP contribution in [0.15, 0.2) is 48.6 Å². The average Bonchev–Trinajstić information content (AvgIpc) is 3.23. The summed E-state index contributed by atoms with van der Waals surface area (Å²) < 4.78 is 5.86. The molecule has 0 rings (SSSR count). The van der Waals surface area contributed by atoms with Gasteiger partial charge in [-0.2, -0.15) is 0 Å². The van der Waals surface area contributed by atoms with Crippen molar-refractivity contribution in [3.05, 3.63) is 48.6 Å². The van der Waals surface area contributed by atoms with E-state index in [1.807, 2.05) is 6.08 Å². The number of carbonyl (C=O) groups is 2. The summed E-state index contributed by atoms with van der Waals surface area (Å²) in [7, 11) is 0. The largest absolute Gasteiger partial charge is 0.461 e. The minimum Gasteiger partial charge on any atom is -0.461 e. The van der Waals surface area contributed by atoms with Gasteiger partial charge in [-0.15, -0.1) is 0 Å². The number of allylic oxidation sites excluding steroid dienone is 7. The van der Waals surface area contributed by atoms with Gasteiger partial charge in [-0.25, -0.2) is 0 Å². The third-order valence-corrected chi connectivity index (χ3v) is 11.4. The smallest absolute Gasteiger partial charge is 0.306 e. The van der Waals surface area contributed by atoms with Crippen LogP contribution in [0.1, 0.15) is 252 Å². The number of hydrogen-bond acceptors (Lipinski definition) is 5. The fraction of sp³-hybridized carbons (Fsp3) is 0.811. The Bertz CT molecular complexity index is 1020. The van der Waals surface area contributed by atoms with Crippen molar-refractivity contribution in [2.24, 2.45) is 0 Å². The maximum absolute atomic E-state index is 13.2. The molecule has 0 radical (unpaired) electrons. The Hall–Kier alpha value is -2.18. The number of rotatable bonds is 45. The van der Waals surface area contributed by atoms with Crippen LogP contribution in [-0.2, 0) is 14.3 Å². The van der Waals surface area contributed by atoms with E-state index in [1.165, 1.54) is 148 Å². The van der Waals surface area contributed by atoms with Crippen LogP contribution in [0.25, 0.3) is 0 Å². The van der Waals surface area contributed by atoms with E-state index in [2.05, 4.69) is 68.6 Å². The van der Waals surface area contributed by atoms with Crippen LogP contribution in [0.4, 0.5) is 0 Å². The van der Waals surface area contributed by atoms with Crippen molar-refractivity contribution in [3.8, 4) is 0 Å². The molecular formula is C53H97NO5. The van der Waals surface area contributed by atoms with E-state index in [-0.39, 0.29) is 24.9 Å². The number of carbonyl (C=O) groups excluding carboxylic acids is 2. The first-order chi connectivity index (χ1) is 29.0. The Balaban J connectivity index is 4.71. The zero-order chi connectivity index (χ0) is 43.1. The average molecular weight is 828 g/mol. The summed E-state index contributed by atoms with van der Waals surface area (Å²) in [6, 6.07) is -0.728. The standard InChI is InChI=1S/C53H97NO5/c1-4-7-10-13-16-19-22-25-26-28-29-32-35-38-41-44-49(59-53(58)46-43-40-37-34-31-27-23-20-17-14-11-8-5-2)47-52(57)54-50(48-55)51(56)45-42-39-36-33-30-24-21-18-15-12-9-6-3/h16,19,25-26,29,32,38,41,49-51,55-56H,4-15,17-18,20-24,27-28,30-31,33-37,39-40,42-48H2,1-3H3,(H,54,57)/b19-16-,26-25-,32-29-,41-38-. The van der Waals surface area contributed by atoms with Gasteiger partial charge in [-0.05, 0) is 44.9 Å². The lowest BCUT2D eigenvalue weighted by Crippen LogP contribution is -2.46. The second-order valence-electron chi connectivity index (χ2n) is 17.2. The van der Waals surface area contributed by atoms with Crippen LogP contribution in [0.2, 0.25) is 0 Å². The lowest BCUT2D eigenvalue weighted by atomic mass is 10.0. The predicted molar refractivity (Wildman–Crippen MR) is 255 cm³/mol. The Kier molecular flexibility index (Phi) is 45.1. The zero-order valence-electron chi connectivity index (χ0n) is 39.1. The van der Waals surface area contributed by atoms with Gasteiger partial charge >= 0.3 is 5.97 Å². The van der Waals surface area contributed by atoms with E-state index in [0.29, 0.717) is 19.3 Å². The summed E-state index contributed by atoms with van der Waals surface area (Å²) in [5.74, 6) is -0.570. The quantitative estimate of drug-likeness (QED) is 0.0323. The fourth-order valence-electron chi connectivity index (χ4n) is 7.53. The van der Waals surface area contributed by atoms with Crippen molar-refractivity contribution < 1.29 is 24.5 Å². The second kappa shape index (κ2) is 46.9. The highest BCUT2D eigenvalue weighted by atomic mass is 16.5. The molecule has 0 aromatic heterocycles. The molecule has 0 spiro atoms. The van der Waals surface area contributed by atoms with Crippen LogP contribution < -0.4 is 5.32 Å². The van der Waals surface area contributed by atoms with Gasteiger partial charge in [0.2, 0.25) is 5.91 Å². The summed E-state index contributed by atoms with van der Waals surface area (Å²) in [6.07, 6.45) is 56.1. The van der Waals surface area contributed by atoms with Gasteiger partial charge in [0, 0.05) is 12.8 Å². The molecule has 0 heterocycles. The van der Waals surface area contributed by atoms with E-state index < -0.39 is 18.2 Å². The Morgan fingerprint density at radius 1 is 0.508 bits per heavy atom. The molecule has 0 bridgehead atoms. The monoisotopic (exact) mass is 828 g/mol. The number of aliphatic hydroxyl groups excluding tert-OH is 2. The molecule has 1 amide bonds. The fourth-order valence-corrected chi connectivity index (χ4v) is 7.53. The molecule has 0 aliphatic carbocycles. The molecule has 0 saturated carbocycles. The molecule has 0 aliphatic heterocycles. The van der Waals surface area contributed by atoms with Crippen LogP contribution in [0, 0.1) is 0 Å². The van der Waals surface area contributed by atoms with Crippen LogP contribution >= 0.6 is 0 Å². The van der Waals surface area contributed by atoms with Gasteiger partial charge in [0.25, 0.3) is 0 Å². The van der Waals surface area contributed by atoms with Crippen molar-refractivity contribution in [1.29, 1.82) is 0 Å². The summed E-state index contributed by atoms with van der Waals surface area (Å²) in [5, 5.41) is 23.7. The minimum atomic E-state index is -0.808. The Morgan fingerprint density at radius 2 is 0.898 bits per heavy atom. The molecule has 3 unspecified atom stereocenters. The summed E-state index contributed by atoms with van der Waals surface area (Å²) >= 11 is 0. The van der Waals surface area contributed by atoms with Crippen molar-refractivity contribution in [3.63, 3.8) is 0 Å². The highest BCUT2D eigenvalue weighted by molar-refractivity contribution is 5.77. The molecule has 0 fully saturated rings. The van der Waals surface area contributed by atoms with Gasteiger partial charge in [-0.1, -0.05) is 236 Å². The maximum atomic E-state index is 13.2. The topological polar surface area (TPSA) is 95.9 Å². The van der Waals surface area contributed by atoms with Crippen LogP contribution in [0.3, 0.4) is 0 Å². The number of esters is 1. The molecule has 344 valence electrons. The van der Waals surface area contributed by atoms with E-state index in [0.717, 1.165) is 57.8 Å². The van der Waals surface area contributed by atoms with Crippen molar-refractivity contribution in [1.82, 2.24) is 5.32 Å². The number of unbranched alkanes of at least 4 members (excludes halogenated alkanes) is 26. The highest BCUT2D eigenvalue weighted by Gasteiger charge is 2.23. The predicted octanol–water partition coefficient (Wildman–Crippen LogP) is 15.1. The van der Waals surface area contributed by atoms with Gasteiger partial charge in [0.15, 0.2) is 0 Å². The summed E-state index contributed by atoms with van der Waals surface area (Å²) in [4.78, 5) is 26.1. The Labute approximate surface area is 366 Å². The first kappa shape index (κ1) is 56.8. The normalized spacial score (nSPS) is 13.6. The van der Waals surface area contributed by atoms with Crippen LogP contribution in [0.5, 0.6) is 0 Å². The van der Waals surface area contributed by atoms with Crippen molar-refractivity contribution >= 4 is 11.9 Å². The molecule has 6 nitrogen and oxygen atoms in total. The first-order valence-corrected chi connectivity index (χ1v) is 25.4. The number of nitrogens with one attached hydrogen (secondary N) is 1. The number of aliphatic hydroxyl groups is 2. The number of amides is 1. The molecular weight excluding hydrogens is 731 g/mol.